The molecule has 7 nitrogen and oxygen atoms in total. The Morgan fingerprint density at radius 3 is 2.77 bits per heavy atom. The summed E-state index contributed by atoms with van der Waals surface area (Å²) < 4.78 is 31.6. The van der Waals surface area contributed by atoms with Crippen LogP contribution in [-0.2, 0) is 16.2 Å². The van der Waals surface area contributed by atoms with Crippen LogP contribution in [0.15, 0.2) is 58.1 Å². The molecular formula is C17H12F2N4O3. The van der Waals surface area contributed by atoms with Gasteiger partial charge in [-0.2, -0.15) is 0 Å². The zero-order chi connectivity index (χ0) is 18.4. The van der Waals surface area contributed by atoms with Crippen molar-refractivity contribution < 1.29 is 22.8 Å². The van der Waals surface area contributed by atoms with Crippen LogP contribution in [0.4, 0.5) is 14.5 Å². The average molecular weight is 358 g/mol. The van der Waals surface area contributed by atoms with E-state index in [-0.39, 0.29) is 18.2 Å². The van der Waals surface area contributed by atoms with Gasteiger partial charge in [-0.05, 0) is 24.3 Å². The van der Waals surface area contributed by atoms with Gasteiger partial charge < -0.3 is 14.6 Å². The Hall–Kier alpha value is -3.62. The van der Waals surface area contributed by atoms with Gasteiger partial charge in [0.1, 0.15) is 17.8 Å². The minimum absolute atomic E-state index is 0.144. The zero-order valence-corrected chi connectivity index (χ0v) is 13.2. The molecule has 0 radical (unpaired) electrons. The van der Waals surface area contributed by atoms with Crippen molar-refractivity contribution in [1.29, 1.82) is 0 Å². The Morgan fingerprint density at radius 1 is 1.19 bits per heavy atom. The Bertz CT molecular complexity index is 929. The number of amides is 1. The van der Waals surface area contributed by atoms with Crippen molar-refractivity contribution in [2.45, 2.75) is 6.61 Å². The second-order valence-corrected chi connectivity index (χ2v) is 4.99. The molecular weight excluding hydrogens is 346 g/mol. The van der Waals surface area contributed by atoms with Crippen molar-refractivity contribution in [3.63, 3.8) is 0 Å². The first kappa shape index (κ1) is 17.2. The predicted octanol–water partition coefficient (Wildman–Crippen LogP) is 3.16. The monoisotopic (exact) mass is 358 g/mol. The van der Waals surface area contributed by atoms with Crippen LogP contribution in [0.1, 0.15) is 5.89 Å². The van der Waals surface area contributed by atoms with Gasteiger partial charge in [0.05, 0.1) is 5.69 Å². The highest BCUT2D eigenvalue weighted by Crippen LogP contribution is 2.17. The highest BCUT2D eigenvalue weighted by atomic mass is 19.1. The molecule has 0 aliphatic heterocycles. The Kier molecular flexibility index (Phi) is 5.28. The number of benzene rings is 2. The van der Waals surface area contributed by atoms with Crippen molar-refractivity contribution in [2.75, 3.05) is 5.32 Å². The van der Waals surface area contributed by atoms with Gasteiger partial charge in [0, 0.05) is 11.6 Å². The van der Waals surface area contributed by atoms with E-state index in [2.05, 4.69) is 20.7 Å². The van der Waals surface area contributed by atoms with Crippen molar-refractivity contribution >= 4 is 17.8 Å². The lowest BCUT2D eigenvalue weighted by Gasteiger charge is -2.02. The number of halogens is 2. The molecule has 0 aliphatic rings. The maximum absolute atomic E-state index is 13.4. The third-order valence-electron chi connectivity index (χ3n) is 3.11. The molecule has 0 saturated carbocycles. The van der Waals surface area contributed by atoms with Crippen LogP contribution in [0.25, 0.3) is 11.5 Å². The van der Waals surface area contributed by atoms with Crippen molar-refractivity contribution in [3.05, 3.63) is 66.1 Å². The number of aromatic nitrogens is 2. The van der Waals surface area contributed by atoms with Crippen LogP contribution in [0.5, 0.6) is 0 Å². The maximum atomic E-state index is 13.4. The summed E-state index contributed by atoms with van der Waals surface area (Å²) in [4.78, 5) is 16.5. The molecule has 1 amide bonds. The molecule has 9 heteroatoms. The second-order valence-electron chi connectivity index (χ2n) is 4.99. The quantitative estimate of drug-likeness (QED) is 0.540. The first-order valence-electron chi connectivity index (χ1n) is 7.41. The van der Waals surface area contributed by atoms with Gasteiger partial charge in [-0.25, -0.2) is 8.78 Å². The Labute approximate surface area is 146 Å². The largest absolute Gasteiger partial charge is 0.417 e. The molecule has 26 heavy (non-hydrogen) atoms. The van der Waals surface area contributed by atoms with Gasteiger partial charge >= 0.3 is 0 Å². The lowest BCUT2D eigenvalue weighted by atomic mass is 10.2. The number of nitrogens with zero attached hydrogens (tertiary/aromatic N) is 3. The fraction of sp³-hybridized carbons (Fsp3) is 0.0588. The molecule has 0 spiro atoms. The number of hydrogen-bond donors (Lipinski definition) is 1. The van der Waals surface area contributed by atoms with Crippen molar-refractivity contribution in [2.24, 2.45) is 5.16 Å². The van der Waals surface area contributed by atoms with E-state index in [4.69, 9.17) is 9.25 Å². The number of rotatable bonds is 6. The third kappa shape index (κ3) is 4.47. The minimum Gasteiger partial charge on any atom is -0.417 e. The number of carbonyl (C=O) groups is 1. The zero-order valence-electron chi connectivity index (χ0n) is 13.2. The van der Waals surface area contributed by atoms with Gasteiger partial charge in [-0.3, -0.25) is 4.79 Å². The highest BCUT2D eigenvalue weighted by molar-refractivity contribution is 6.31. The molecule has 1 heterocycles. The lowest BCUT2D eigenvalue weighted by molar-refractivity contribution is -0.110. The van der Waals surface area contributed by atoms with Gasteiger partial charge in [-0.1, -0.05) is 23.4 Å². The average Bonchev–Trinajstić information content (AvgIpc) is 3.11. The molecule has 3 rings (SSSR count). The first-order chi connectivity index (χ1) is 12.6. The lowest BCUT2D eigenvalue weighted by Crippen LogP contribution is -2.14. The SMILES string of the molecule is O=C(C=NOCc1nnc(-c2ccccc2)o1)Nc1ccc(F)cc1F. The van der Waals surface area contributed by atoms with Crippen LogP contribution in [0.2, 0.25) is 0 Å². The summed E-state index contributed by atoms with van der Waals surface area (Å²) >= 11 is 0. The van der Waals surface area contributed by atoms with Crippen molar-refractivity contribution in [1.82, 2.24) is 10.2 Å². The number of anilines is 1. The van der Waals surface area contributed by atoms with Crippen molar-refractivity contribution in [3.8, 4) is 11.5 Å². The smallest absolute Gasteiger partial charge is 0.270 e. The number of nitrogens with one attached hydrogen (secondary N) is 1. The predicted molar refractivity (Wildman–Crippen MR) is 88.0 cm³/mol. The summed E-state index contributed by atoms with van der Waals surface area (Å²) in [6.45, 7) is -0.144. The van der Waals surface area contributed by atoms with E-state index in [9.17, 15) is 13.6 Å². The summed E-state index contributed by atoms with van der Waals surface area (Å²) in [6, 6.07) is 11.9. The summed E-state index contributed by atoms with van der Waals surface area (Å²) in [5.74, 6) is -1.88. The molecule has 0 fully saturated rings. The van der Waals surface area contributed by atoms with E-state index in [0.29, 0.717) is 12.0 Å². The van der Waals surface area contributed by atoms with E-state index < -0.39 is 17.5 Å². The summed E-state index contributed by atoms with van der Waals surface area (Å²) in [7, 11) is 0. The van der Waals surface area contributed by atoms with Gasteiger partial charge in [-0.15, -0.1) is 10.2 Å². The maximum Gasteiger partial charge on any atom is 0.270 e. The number of carbonyl (C=O) groups excluding carboxylic acids is 1. The molecule has 3 aromatic rings. The van der Waals surface area contributed by atoms with E-state index in [1.165, 1.54) is 0 Å². The molecule has 2 aromatic carbocycles. The van der Waals surface area contributed by atoms with E-state index in [0.717, 1.165) is 23.9 Å². The fourth-order valence-corrected chi connectivity index (χ4v) is 1.94. The summed E-state index contributed by atoms with van der Waals surface area (Å²) in [5, 5.41) is 13.3. The topological polar surface area (TPSA) is 89.6 Å². The molecule has 0 saturated heterocycles. The Morgan fingerprint density at radius 2 is 2.00 bits per heavy atom. The molecule has 0 unspecified atom stereocenters. The van der Waals surface area contributed by atoms with Crippen LogP contribution in [0.3, 0.4) is 0 Å². The van der Waals surface area contributed by atoms with Crippen LogP contribution in [-0.4, -0.2) is 22.3 Å². The number of oxime groups is 1. The first-order valence-corrected chi connectivity index (χ1v) is 7.41. The molecule has 132 valence electrons. The molecule has 0 bridgehead atoms. The van der Waals surface area contributed by atoms with Crippen LogP contribution < -0.4 is 5.32 Å². The van der Waals surface area contributed by atoms with Gasteiger partial charge in [0.15, 0.2) is 6.61 Å². The van der Waals surface area contributed by atoms with E-state index in [1.807, 2.05) is 30.3 Å². The molecule has 0 atom stereocenters. The second kappa shape index (κ2) is 7.97. The number of hydrogen-bond acceptors (Lipinski definition) is 6. The normalized spacial score (nSPS) is 10.8. The van der Waals surface area contributed by atoms with Gasteiger partial charge in [0.25, 0.3) is 11.8 Å². The fourth-order valence-electron chi connectivity index (χ4n) is 1.94. The standard InChI is InChI=1S/C17H12F2N4O3/c18-12-6-7-14(13(19)8-12)21-15(24)9-20-25-10-16-22-23-17(26-16)11-4-2-1-3-5-11/h1-9H,10H2,(H,21,24). The van der Waals surface area contributed by atoms with Crippen LogP contribution >= 0.6 is 0 Å². The molecule has 1 N–H and O–H groups in total. The van der Waals surface area contributed by atoms with E-state index in [1.54, 1.807) is 0 Å². The highest BCUT2D eigenvalue weighted by Gasteiger charge is 2.09. The molecule has 0 aliphatic carbocycles. The van der Waals surface area contributed by atoms with Crippen LogP contribution in [0, 0.1) is 11.6 Å². The third-order valence-corrected chi connectivity index (χ3v) is 3.11. The van der Waals surface area contributed by atoms with E-state index >= 15 is 0 Å². The summed E-state index contributed by atoms with van der Waals surface area (Å²) in [5.41, 5.74) is 0.586. The Balaban J connectivity index is 1.50. The molecule has 1 aromatic heterocycles. The summed E-state index contributed by atoms with van der Waals surface area (Å²) in [6.07, 6.45) is 0.803. The minimum atomic E-state index is -0.896. The van der Waals surface area contributed by atoms with Gasteiger partial charge in [0.2, 0.25) is 5.89 Å².